The number of benzene rings is 2. The average Bonchev–Trinajstić information content (AvgIpc) is 2.42. The Bertz CT molecular complexity index is 615. The van der Waals surface area contributed by atoms with Crippen molar-refractivity contribution in [3.8, 4) is 5.75 Å². The van der Waals surface area contributed by atoms with Crippen LogP contribution in [0.25, 0.3) is 0 Å². The summed E-state index contributed by atoms with van der Waals surface area (Å²) in [7, 11) is 1.63. The van der Waals surface area contributed by atoms with Crippen LogP contribution in [0.2, 0.25) is 0 Å². The van der Waals surface area contributed by atoms with Gasteiger partial charge in [0.25, 0.3) is 0 Å². The van der Waals surface area contributed by atoms with E-state index in [4.69, 9.17) is 10.5 Å². The Morgan fingerprint density at radius 2 is 2.00 bits per heavy atom. The molecule has 0 fully saturated rings. The Morgan fingerprint density at radius 3 is 2.70 bits per heavy atom. The summed E-state index contributed by atoms with van der Waals surface area (Å²) in [4.78, 5) is 0. The molecule has 2 aromatic carbocycles. The fraction of sp³-hybridized carbons (Fsp3) is 0.250. The molecule has 2 rings (SSSR count). The smallest absolute Gasteiger partial charge is 0.123 e. The van der Waals surface area contributed by atoms with Crippen LogP contribution in [-0.2, 0) is 6.42 Å². The van der Waals surface area contributed by atoms with Gasteiger partial charge in [-0.1, -0.05) is 28.1 Å². The molecule has 0 radical (unpaired) electrons. The maximum atomic E-state index is 13.3. The number of nitrogens with two attached hydrogens (primary N) is 1. The molecule has 2 nitrogen and oxygen atoms in total. The van der Waals surface area contributed by atoms with Crippen LogP contribution in [0.4, 0.5) is 4.39 Å². The first kappa shape index (κ1) is 15.0. The highest BCUT2D eigenvalue weighted by Gasteiger charge is 2.14. The van der Waals surface area contributed by atoms with Crippen LogP contribution in [0.1, 0.15) is 22.7 Å². The second-order valence-corrected chi connectivity index (χ2v) is 5.65. The van der Waals surface area contributed by atoms with Crippen LogP contribution in [-0.4, -0.2) is 7.11 Å². The number of halogens is 2. The van der Waals surface area contributed by atoms with Gasteiger partial charge in [-0.3, -0.25) is 0 Å². The minimum absolute atomic E-state index is 0.247. The van der Waals surface area contributed by atoms with E-state index in [-0.39, 0.29) is 11.9 Å². The van der Waals surface area contributed by atoms with Gasteiger partial charge in [-0.05, 0) is 48.7 Å². The number of aryl methyl sites for hydroxylation is 1. The van der Waals surface area contributed by atoms with Gasteiger partial charge >= 0.3 is 0 Å². The van der Waals surface area contributed by atoms with E-state index >= 15 is 0 Å². The van der Waals surface area contributed by atoms with Crippen molar-refractivity contribution in [2.45, 2.75) is 19.4 Å². The van der Waals surface area contributed by atoms with E-state index in [0.717, 1.165) is 26.9 Å². The summed E-state index contributed by atoms with van der Waals surface area (Å²) in [5.74, 6) is 0.510. The van der Waals surface area contributed by atoms with E-state index in [0.29, 0.717) is 6.42 Å². The zero-order chi connectivity index (χ0) is 14.7. The molecule has 0 saturated carbocycles. The van der Waals surface area contributed by atoms with Gasteiger partial charge in [0, 0.05) is 16.1 Å². The summed E-state index contributed by atoms with van der Waals surface area (Å²) >= 11 is 3.43. The zero-order valence-corrected chi connectivity index (χ0v) is 13.1. The van der Waals surface area contributed by atoms with Crippen molar-refractivity contribution in [3.63, 3.8) is 0 Å². The minimum atomic E-state index is -0.258. The van der Waals surface area contributed by atoms with Crippen molar-refractivity contribution in [2.75, 3.05) is 7.11 Å². The summed E-state index contributed by atoms with van der Waals surface area (Å²) in [5.41, 5.74) is 9.14. The van der Waals surface area contributed by atoms with Crippen LogP contribution in [0.5, 0.6) is 5.75 Å². The molecule has 4 heteroatoms. The van der Waals surface area contributed by atoms with E-state index in [1.807, 2.05) is 25.1 Å². The highest BCUT2D eigenvalue weighted by atomic mass is 79.9. The molecule has 0 aromatic heterocycles. The van der Waals surface area contributed by atoms with E-state index in [1.165, 1.54) is 12.1 Å². The number of methoxy groups -OCH3 is 1. The summed E-state index contributed by atoms with van der Waals surface area (Å²) in [6, 6.07) is 10.3. The van der Waals surface area contributed by atoms with Gasteiger partial charge in [0.05, 0.1) is 7.11 Å². The van der Waals surface area contributed by atoms with Gasteiger partial charge in [0.1, 0.15) is 11.6 Å². The molecule has 0 saturated heterocycles. The second-order valence-electron chi connectivity index (χ2n) is 4.79. The SMILES string of the molecule is COc1cc(C)ccc1C(N)Cc1cc(F)ccc1Br. The van der Waals surface area contributed by atoms with Crippen LogP contribution in [0.3, 0.4) is 0 Å². The molecule has 1 unspecified atom stereocenters. The molecule has 0 spiro atoms. The molecule has 106 valence electrons. The van der Waals surface area contributed by atoms with Crippen LogP contribution < -0.4 is 10.5 Å². The van der Waals surface area contributed by atoms with Crippen molar-refractivity contribution in [3.05, 3.63) is 63.4 Å². The second kappa shape index (κ2) is 6.37. The maximum Gasteiger partial charge on any atom is 0.123 e. The molecule has 0 aliphatic heterocycles. The third-order valence-electron chi connectivity index (χ3n) is 3.24. The zero-order valence-electron chi connectivity index (χ0n) is 11.5. The lowest BCUT2D eigenvalue weighted by Gasteiger charge is -2.17. The van der Waals surface area contributed by atoms with Crippen LogP contribution >= 0.6 is 15.9 Å². The van der Waals surface area contributed by atoms with Crippen molar-refractivity contribution < 1.29 is 9.13 Å². The quantitative estimate of drug-likeness (QED) is 0.909. The first-order valence-electron chi connectivity index (χ1n) is 6.35. The first-order chi connectivity index (χ1) is 9.51. The number of ether oxygens (including phenoxy) is 1. The van der Waals surface area contributed by atoms with Gasteiger partial charge in [0.15, 0.2) is 0 Å². The lowest BCUT2D eigenvalue weighted by Crippen LogP contribution is -2.15. The summed E-state index contributed by atoms with van der Waals surface area (Å²) in [6.45, 7) is 2.00. The highest BCUT2D eigenvalue weighted by Crippen LogP contribution is 2.29. The largest absolute Gasteiger partial charge is 0.496 e. The number of rotatable bonds is 4. The molecule has 1 atom stereocenters. The van der Waals surface area contributed by atoms with E-state index < -0.39 is 0 Å². The molecule has 0 bridgehead atoms. The molecular weight excluding hydrogens is 321 g/mol. The maximum absolute atomic E-state index is 13.3. The monoisotopic (exact) mass is 337 g/mol. The normalized spacial score (nSPS) is 12.2. The van der Waals surface area contributed by atoms with Crippen molar-refractivity contribution >= 4 is 15.9 Å². The Kier molecular flexibility index (Phi) is 4.78. The van der Waals surface area contributed by atoms with Crippen molar-refractivity contribution in [2.24, 2.45) is 5.73 Å². The Balaban J connectivity index is 2.28. The first-order valence-corrected chi connectivity index (χ1v) is 7.14. The third kappa shape index (κ3) is 3.38. The summed E-state index contributed by atoms with van der Waals surface area (Å²) in [5, 5.41) is 0. The fourth-order valence-electron chi connectivity index (χ4n) is 2.17. The predicted octanol–water partition coefficient (Wildman–Crippen LogP) is 4.15. The molecule has 20 heavy (non-hydrogen) atoms. The van der Waals surface area contributed by atoms with Crippen molar-refractivity contribution in [1.82, 2.24) is 0 Å². The number of hydrogen-bond acceptors (Lipinski definition) is 2. The Hall–Kier alpha value is -1.39. The lowest BCUT2D eigenvalue weighted by atomic mass is 9.98. The molecule has 0 aliphatic rings. The van der Waals surface area contributed by atoms with Gasteiger partial charge < -0.3 is 10.5 Å². The molecule has 0 amide bonds. The highest BCUT2D eigenvalue weighted by molar-refractivity contribution is 9.10. The van der Waals surface area contributed by atoms with Gasteiger partial charge in [-0.15, -0.1) is 0 Å². The molecule has 0 aliphatic carbocycles. The molecule has 2 N–H and O–H groups in total. The van der Waals surface area contributed by atoms with Gasteiger partial charge in [-0.2, -0.15) is 0 Å². The van der Waals surface area contributed by atoms with E-state index in [9.17, 15) is 4.39 Å². The van der Waals surface area contributed by atoms with E-state index in [2.05, 4.69) is 15.9 Å². The molecular formula is C16H17BrFNO. The Labute approximate surface area is 126 Å². The Morgan fingerprint density at radius 1 is 1.25 bits per heavy atom. The summed E-state index contributed by atoms with van der Waals surface area (Å²) < 4.78 is 19.5. The topological polar surface area (TPSA) is 35.2 Å². The predicted molar refractivity (Wildman–Crippen MR) is 82.5 cm³/mol. The lowest BCUT2D eigenvalue weighted by molar-refractivity contribution is 0.405. The van der Waals surface area contributed by atoms with Gasteiger partial charge in [0.2, 0.25) is 0 Å². The fourth-order valence-corrected chi connectivity index (χ4v) is 2.58. The average molecular weight is 338 g/mol. The summed E-state index contributed by atoms with van der Waals surface area (Å²) in [6.07, 6.45) is 0.539. The molecule has 2 aromatic rings. The number of hydrogen-bond donors (Lipinski definition) is 1. The van der Waals surface area contributed by atoms with Crippen LogP contribution in [0.15, 0.2) is 40.9 Å². The molecule has 0 heterocycles. The van der Waals surface area contributed by atoms with Crippen LogP contribution in [0, 0.1) is 12.7 Å². The van der Waals surface area contributed by atoms with Gasteiger partial charge in [-0.25, -0.2) is 4.39 Å². The minimum Gasteiger partial charge on any atom is -0.496 e. The standard InChI is InChI=1S/C16H17BrFNO/c1-10-3-5-13(16(7-10)20-2)15(19)9-11-8-12(18)4-6-14(11)17/h3-8,15H,9,19H2,1-2H3. The third-order valence-corrected chi connectivity index (χ3v) is 4.01. The van der Waals surface area contributed by atoms with Crippen molar-refractivity contribution in [1.29, 1.82) is 0 Å². The van der Waals surface area contributed by atoms with E-state index in [1.54, 1.807) is 13.2 Å².